The fourth-order valence-electron chi connectivity index (χ4n) is 2.63. The van der Waals surface area contributed by atoms with Crippen molar-refractivity contribution in [3.63, 3.8) is 0 Å². The molecule has 2 aromatic carbocycles. The van der Waals surface area contributed by atoms with Gasteiger partial charge in [0, 0.05) is 0 Å². The lowest BCUT2D eigenvalue weighted by Gasteiger charge is -2.13. The van der Waals surface area contributed by atoms with Crippen LogP contribution in [0, 0.1) is 26.6 Å². The molecule has 1 amide bonds. The number of hydrogen-bond acceptors (Lipinski definition) is 2. The zero-order valence-corrected chi connectivity index (χ0v) is 13.8. The number of benzene rings is 2. The van der Waals surface area contributed by atoms with E-state index < -0.39 is 0 Å². The highest BCUT2D eigenvalue weighted by Crippen LogP contribution is 2.24. The average molecular weight is 315 g/mol. The summed E-state index contributed by atoms with van der Waals surface area (Å²) in [5, 5.41) is 2.78. The Hall–Kier alpha value is -2.36. The predicted molar refractivity (Wildman–Crippen MR) is 89.3 cm³/mol. The number of amides is 1. The molecule has 0 saturated heterocycles. The normalized spacial score (nSPS) is 10.4. The van der Waals surface area contributed by atoms with Gasteiger partial charge >= 0.3 is 0 Å². The average Bonchev–Trinajstić information content (AvgIpc) is 2.45. The molecule has 2 aromatic rings. The Balaban J connectivity index is 1.78. The molecule has 0 heterocycles. The van der Waals surface area contributed by atoms with Gasteiger partial charge < -0.3 is 10.1 Å². The van der Waals surface area contributed by atoms with Crippen LogP contribution in [0.5, 0.6) is 5.75 Å². The van der Waals surface area contributed by atoms with Crippen molar-refractivity contribution in [2.24, 2.45) is 0 Å². The maximum Gasteiger partial charge on any atom is 0.224 e. The summed E-state index contributed by atoms with van der Waals surface area (Å²) in [7, 11) is 0. The Bertz CT molecular complexity index is 675. The van der Waals surface area contributed by atoms with Crippen molar-refractivity contribution >= 4 is 5.91 Å². The topological polar surface area (TPSA) is 38.3 Å². The molecular weight excluding hydrogens is 293 g/mol. The van der Waals surface area contributed by atoms with E-state index in [1.54, 1.807) is 12.1 Å². The van der Waals surface area contributed by atoms with Crippen molar-refractivity contribution in [2.45, 2.75) is 27.2 Å². The van der Waals surface area contributed by atoms with Gasteiger partial charge in [0.2, 0.25) is 5.91 Å². The van der Waals surface area contributed by atoms with E-state index in [2.05, 4.69) is 24.4 Å². The van der Waals surface area contributed by atoms with Crippen LogP contribution in [0.4, 0.5) is 4.39 Å². The molecule has 0 atom stereocenters. The first kappa shape index (κ1) is 17.0. The van der Waals surface area contributed by atoms with Crippen molar-refractivity contribution in [1.82, 2.24) is 5.32 Å². The van der Waals surface area contributed by atoms with E-state index in [-0.39, 0.29) is 18.1 Å². The molecule has 4 heteroatoms. The van der Waals surface area contributed by atoms with Gasteiger partial charge in [0.05, 0.1) is 13.0 Å². The third-order valence-corrected chi connectivity index (χ3v) is 3.53. The number of carbonyl (C=O) groups excluding carboxylic acids is 1. The fraction of sp³-hybridized carbons (Fsp3) is 0.316. The monoisotopic (exact) mass is 315 g/mol. The molecule has 0 aliphatic rings. The van der Waals surface area contributed by atoms with Crippen LogP contribution in [-0.2, 0) is 11.2 Å². The predicted octanol–water partition coefficient (Wildman–Crippen LogP) is 3.49. The van der Waals surface area contributed by atoms with Crippen LogP contribution in [0.1, 0.15) is 22.3 Å². The highest BCUT2D eigenvalue weighted by atomic mass is 19.1. The van der Waals surface area contributed by atoms with E-state index in [0.29, 0.717) is 18.7 Å². The number of hydrogen-bond donors (Lipinski definition) is 1. The molecule has 0 spiro atoms. The standard InChI is InChI=1S/C19H22FNO2/c1-13-9-14(2)19(15(3)10-13)23-8-7-21-18(22)12-16-5-4-6-17(20)11-16/h4-6,9-11H,7-8,12H2,1-3H3,(H,21,22). The number of rotatable bonds is 6. The third kappa shape index (κ3) is 5.09. The summed E-state index contributed by atoms with van der Waals surface area (Å²) in [5.74, 6) is 0.399. The van der Waals surface area contributed by atoms with Crippen molar-refractivity contribution in [1.29, 1.82) is 0 Å². The molecule has 122 valence electrons. The minimum atomic E-state index is -0.330. The molecule has 1 N–H and O–H groups in total. The molecule has 0 aliphatic carbocycles. The first-order valence-electron chi connectivity index (χ1n) is 7.67. The van der Waals surface area contributed by atoms with E-state index in [9.17, 15) is 9.18 Å². The van der Waals surface area contributed by atoms with E-state index in [0.717, 1.165) is 16.9 Å². The first-order chi connectivity index (χ1) is 11.0. The van der Waals surface area contributed by atoms with Gasteiger partial charge in [-0.2, -0.15) is 0 Å². The van der Waals surface area contributed by atoms with Crippen molar-refractivity contribution in [2.75, 3.05) is 13.2 Å². The largest absolute Gasteiger partial charge is 0.491 e. The van der Waals surface area contributed by atoms with E-state index in [1.165, 1.54) is 17.7 Å². The number of aryl methyl sites for hydroxylation is 3. The van der Waals surface area contributed by atoms with Crippen molar-refractivity contribution in [3.8, 4) is 5.75 Å². The minimum Gasteiger partial charge on any atom is -0.491 e. The zero-order chi connectivity index (χ0) is 16.8. The Morgan fingerprint density at radius 2 is 1.83 bits per heavy atom. The zero-order valence-electron chi connectivity index (χ0n) is 13.8. The van der Waals surface area contributed by atoms with Gasteiger partial charge in [-0.05, 0) is 49.6 Å². The summed E-state index contributed by atoms with van der Waals surface area (Å²) in [6, 6.07) is 10.2. The lowest BCUT2D eigenvalue weighted by Crippen LogP contribution is -2.29. The second-order valence-corrected chi connectivity index (χ2v) is 5.73. The smallest absolute Gasteiger partial charge is 0.224 e. The van der Waals surface area contributed by atoms with Gasteiger partial charge in [0.15, 0.2) is 0 Å². The molecule has 0 aliphatic heterocycles. The number of carbonyl (C=O) groups is 1. The first-order valence-corrected chi connectivity index (χ1v) is 7.67. The Labute approximate surface area is 136 Å². The van der Waals surface area contributed by atoms with E-state index in [4.69, 9.17) is 4.74 Å². The van der Waals surface area contributed by atoms with Gasteiger partial charge in [-0.1, -0.05) is 29.8 Å². The molecule has 0 fully saturated rings. The summed E-state index contributed by atoms with van der Waals surface area (Å²) in [4.78, 5) is 11.8. The number of nitrogens with one attached hydrogen (secondary N) is 1. The van der Waals surface area contributed by atoms with Crippen LogP contribution >= 0.6 is 0 Å². The molecular formula is C19H22FNO2. The van der Waals surface area contributed by atoms with Gasteiger partial charge in [0.1, 0.15) is 18.2 Å². The molecule has 0 saturated carbocycles. The van der Waals surface area contributed by atoms with Crippen molar-refractivity contribution < 1.29 is 13.9 Å². The van der Waals surface area contributed by atoms with Crippen LogP contribution < -0.4 is 10.1 Å². The highest BCUT2D eigenvalue weighted by Gasteiger charge is 2.06. The molecule has 3 nitrogen and oxygen atoms in total. The Kier molecular flexibility index (Phi) is 5.74. The molecule has 23 heavy (non-hydrogen) atoms. The molecule has 0 aromatic heterocycles. The molecule has 0 bridgehead atoms. The van der Waals surface area contributed by atoms with Gasteiger partial charge in [-0.15, -0.1) is 0 Å². The van der Waals surface area contributed by atoms with Crippen LogP contribution in [0.25, 0.3) is 0 Å². The molecule has 0 unspecified atom stereocenters. The SMILES string of the molecule is Cc1cc(C)c(OCCNC(=O)Cc2cccc(F)c2)c(C)c1. The third-order valence-electron chi connectivity index (χ3n) is 3.53. The van der Waals surface area contributed by atoms with Gasteiger partial charge in [-0.3, -0.25) is 4.79 Å². The summed E-state index contributed by atoms with van der Waals surface area (Å²) in [5.41, 5.74) is 4.05. The maximum absolute atomic E-state index is 13.1. The van der Waals surface area contributed by atoms with Crippen molar-refractivity contribution in [3.05, 3.63) is 64.5 Å². The second-order valence-electron chi connectivity index (χ2n) is 5.73. The van der Waals surface area contributed by atoms with Gasteiger partial charge in [0.25, 0.3) is 0 Å². The summed E-state index contributed by atoms with van der Waals surface area (Å²) in [6.45, 7) is 6.90. The van der Waals surface area contributed by atoms with E-state index in [1.807, 2.05) is 13.8 Å². The minimum absolute atomic E-state index is 0.142. The highest BCUT2D eigenvalue weighted by molar-refractivity contribution is 5.78. The number of ether oxygens (including phenoxy) is 1. The molecule has 0 radical (unpaired) electrons. The second kappa shape index (κ2) is 7.77. The van der Waals surface area contributed by atoms with Crippen LogP contribution in [0.3, 0.4) is 0 Å². The van der Waals surface area contributed by atoms with Gasteiger partial charge in [-0.25, -0.2) is 4.39 Å². The lowest BCUT2D eigenvalue weighted by molar-refractivity contribution is -0.120. The summed E-state index contributed by atoms with van der Waals surface area (Å²) in [6.07, 6.45) is 0.167. The summed E-state index contributed by atoms with van der Waals surface area (Å²) < 4.78 is 18.8. The van der Waals surface area contributed by atoms with Crippen LogP contribution in [0.15, 0.2) is 36.4 Å². The summed E-state index contributed by atoms with van der Waals surface area (Å²) >= 11 is 0. The fourth-order valence-corrected chi connectivity index (χ4v) is 2.63. The number of halogens is 1. The molecule has 2 rings (SSSR count). The lowest BCUT2D eigenvalue weighted by atomic mass is 10.1. The Morgan fingerprint density at radius 1 is 1.13 bits per heavy atom. The maximum atomic E-state index is 13.1. The quantitative estimate of drug-likeness (QED) is 0.829. The Morgan fingerprint density at radius 3 is 2.48 bits per heavy atom. The van der Waals surface area contributed by atoms with Crippen LogP contribution in [0.2, 0.25) is 0 Å². The van der Waals surface area contributed by atoms with E-state index >= 15 is 0 Å². The van der Waals surface area contributed by atoms with Crippen LogP contribution in [-0.4, -0.2) is 19.1 Å².